The van der Waals surface area contributed by atoms with Crippen molar-refractivity contribution in [1.29, 1.82) is 5.41 Å². The molecular formula is C5H13N4Na. The van der Waals surface area contributed by atoms with Crippen molar-refractivity contribution in [2.75, 3.05) is 26.2 Å². The van der Waals surface area contributed by atoms with Gasteiger partial charge in [0.25, 0.3) is 0 Å². The molecule has 54 valence electrons. The standard InChI is InChI=1S/C5H12N4.Na.H/c6-5(7)9-3-1-8-2-4-9;;/h8H,1-4H2,(H3,6,7);;. The van der Waals surface area contributed by atoms with E-state index in [2.05, 4.69) is 5.32 Å². The summed E-state index contributed by atoms with van der Waals surface area (Å²) in [7, 11) is 0. The van der Waals surface area contributed by atoms with Gasteiger partial charge in [-0.05, 0) is 0 Å². The second-order valence-corrected chi connectivity index (χ2v) is 2.12. The molecule has 1 heterocycles. The quantitative estimate of drug-likeness (QED) is 0.216. The van der Waals surface area contributed by atoms with Crippen LogP contribution in [0.3, 0.4) is 0 Å². The zero-order chi connectivity index (χ0) is 6.69. The average molecular weight is 152 g/mol. The number of hydrogen-bond acceptors (Lipinski definition) is 2. The summed E-state index contributed by atoms with van der Waals surface area (Å²) in [6, 6.07) is 0. The molecule has 0 aromatic heterocycles. The second-order valence-electron chi connectivity index (χ2n) is 2.12. The summed E-state index contributed by atoms with van der Waals surface area (Å²) < 4.78 is 0. The Balaban J connectivity index is 0.000000810. The molecule has 0 spiro atoms. The Morgan fingerprint density at radius 1 is 1.40 bits per heavy atom. The van der Waals surface area contributed by atoms with E-state index in [-0.39, 0.29) is 35.5 Å². The molecule has 0 aliphatic carbocycles. The van der Waals surface area contributed by atoms with Gasteiger partial charge in [-0.25, -0.2) is 0 Å². The third kappa shape index (κ3) is 2.88. The number of hydrogen-bond donors (Lipinski definition) is 3. The molecule has 0 saturated carbocycles. The van der Waals surface area contributed by atoms with E-state index >= 15 is 0 Å². The van der Waals surface area contributed by atoms with Gasteiger partial charge in [-0.3, -0.25) is 5.41 Å². The van der Waals surface area contributed by atoms with Crippen LogP contribution in [0.25, 0.3) is 0 Å². The Kier molecular flexibility index (Phi) is 5.07. The summed E-state index contributed by atoms with van der Waals surface area (Å²) in [6.45, 7) is 3.63. The van der Waals surface area contributed by atoms with Gasteiger partial charge in [0.05, 0.1) is 0 Å². The number of rotatable bonds is 0. The summed E-state index contributed by atoms with van der Waals surface area (Å²) in [6.07, 6.45) is 0. The molecule has 4 nitrogen and oxygen atoms in total. The molecule has 0 bridgehead atoms. The number of piperazine rings is 1. The Bertz CT molecular complexity index is 110. The van der Waals surface area contributed by atoms with Crippen molar-refractivity contribution in [3.63, 3.8) is 0 Å². The third-order valence-corrected chi connectivity index (χ3v) is 1.46. The van der Waals surface area contributed by atoms with Crippen molar-refractivity contribution in [2.45, 2.75) is 0 Å². The van der Waals surface area contributed by atoms with Crippen molar-refractivity contribution in [1.82, 2.24) is 10.2 Å². The number of nitrogens with zero attached hydrogens (tertiary/aromatic N) is 1. The first-order valence-electron chi connectivity index (χ1n) is 3.10. The zero-order valence-corrected chi connectivity index (χ0v) is 5.35. The molecule has 5 heteroatoms. The molecule has 0 unspecified atom stereocenters. The Morgan fingerprint density at radius 3 is 2.20 bits per heavy atom. The van der Waals surface area contributed by atoms with Gasteiger partial charge < -0.3 is 16.0 Å². The van der Waals surface area contributed by atoms with Crippen LogP contribution in [0.15, 0.2) is 0 Å². The summed E-state index contributed by atoms with van der Waals surface area (Å²) in [5.41, 5.74) is 5.25. The first-order chi connectivity index (χ1) is 4.30. The van der Waals surface area contributed by atoms with Gasteiger partial charge in [0.2, 0.25) is 0 Å². The third-order valence-electron chi connectivity index (χ3n) is 1.46. The number of nitrogens with two attached hydrogens (primary N) is 1. The first-order valence-corrected chi connectivity index (χ1v) is 3.10. The topological polar surface area (TPSA) is 65.1 Å². The molecule has 1 aliphatic heterocycles. The van der Waals surface area contributed by atoms with Gasteiger partial charge >= 0.3 is 29.6 Å². The molecule has 0 amide bonds. The van der Waals surface area contributed by atoms with Gasteiger partial charge in [0.15, 0.2) is 5.96 Å². The van der Waals surface area contributed by atoms with Gasteiger partial charge in [0, 0.05) is 26.2 Å². The Hall–Kier alpha value is 0.230. The Morgan fingerprint density at radius 2 is 1.90 bits per heavy atom. The molecule has 10 heavy (non-hydrogen) atoms. The maximum atomic E-state index is 7.06. The fraction of sp³-hybridized carbons (Fsp3) is 0.800. The van der Waals surface area contributed by atoms with Crippen LogP contribution < -0.4 is 11.1 Å². The monoisotopic (exact) mass is 152 g/mol. The van der Waals surface area contributed by atoms with E-state index in [0.717, 1.165) is 26.2 Å². The van der Waals surface area contributed by atoms with E-state index in [4.69, 9.17) is 11.1 Å². The van der Waals surface area contributed by atoms with Crippen LogP contribution in [0.2, 0.25) is 0 Å². The van der Waals surface area contributed by atoms with Crippen molar-refractivity contribution in [3.8, 4) is 0 Å². The van der Waals surface area contributed by atoms with E-state index in [1.165, 1.54) is 0 Å². The van der Waals surface area contributed by atoms with Crippen LogP contribution in [0.1, 0.15) is 0 Å². The van der Waals surface area contributed by atoms with Crippen LogP contribution in [-0.2, 0) is 0 Å². The minimum absolute atomic E-state index is 0. The van der Waals surface area contributed by atoms with Gasteiger partial charge in [0.1, 0.15) is 0 Å². The summed E-state index contributed by atoms with van der Waals surface area (Å²) in [4.78, 5) is 1.86. The molecule has 0 aromatic carbocycles. The summed E-state index contributed by atoms with van der Waals surface area (Å²) >= 11 is 0. The molecule has 0 aromatic rings. The van der Waals surface area contributed by atoms with Crippen LogP contribution in [0, 0.1) is 5.41 Å². The molecule has 0 atom stereocenters. The van der Waals surface area contributed by atoms with Crippen LogP contribution >= 0.6 is 0 Å². The summed E-state index contributed by atoms with van der Waals surface area (Å²) in [5, 5.41) is 10.2. The summed E-state index contributed by atoms with van der Waals surface area (Å²) in [5.74, 6) is 0.191. The molecule has 1 fully saturated rings. The fourth-order valence-corrected chi connectivity index (χ4v) is 0.906. The normalized spacial score (nSPS) is 17.8. The average Bonchev–Trinajstić information content (AvgIpc) is 1.90. The van der Waals surface area contributed by atoms with E-state index in [0.29, 0.717) is 0 Å². The van der Waals surface area contributed by atoms with Crippen LogP contribution in [-0.4, -0.2) is 66.6 Å². The van der Waals surface area contributed by atoms with Crippen molar-refractivity contribution >= 4 is 35.5 Å². The van der Waals surface area contributed by atoms with Gasteiger partial charge in [-0.15, -0.1) is 0 Å². The van der Waals surface area contributed by atoms with Crippen molar-refractivity contribution in [2.24, 2.45) is 5.73 Å². The SMILES string of the molecule is N=C(N)N1CCNCC1.[NaH]. The van der Waals surface area contributed by atoms with Crippen molar-refractivity contribution in [3.05, 3.63) is 0 Å². The van der Waals surface area contributed by atoms with Crippen LogP contribution in [0.4, 0.5) is 0 Å². The predicted molar refractivity (Wildman–Crippen MR) is 43.5 cm³/mol. The van der Waals surface area contributed by atoms with E-state index < -0.39 is 0 Å². The predicted octanol–water partition coefficient (Wildman–Crippen LogP) is -1.86. The van der Waals surface area contributed by atoms with Gasteiger partial charge in [-0.1, -0.05) is 0 Å². The zero-order valence-electron chi connectivity index (χ0n) is 5.35. The van der Waals surface area contributed by atoms with E-state index in [1.54, 1.807) is 0 Å². The minimum atomic E-state index is 0. The van der Waals surface area contributed by atoms with Crippen molar-refractivity contribution < 1.29 is 0 Å². The first kappa shape index (κ1) is 10.2. The molecular weight excluding hydrogens is 139 g/mol. The number of nitrogens with one attached hydrogen (secondary N) is 2. The van der Waals surface area contributed by atoms with E-state index in [1.807, 2.05) is 4.90 Å². The molecule has 1 aliphatic rings. The molecule has 1 saturated heterocycles. The second kappa shape index (κ2) is 4.96. The molecule has 0 radical (unpaired) electrons. The fourth-order valence-electron chi connectivity index (χ4n) is 0.906. The van der Waals surface area contributed by atoms with Gasteiger partial charge in [-0.2, -0.15) is 0 Å². The molecule has 1 rings (SSSR count). The maximum absolute atomic E-state index is 7.06. The van der Waals surface area contributed by atoms with E-state index in [9.17, 15) is 0 Å². The molecule has 4 N–H and O–H groups in total. The Labute approximate surface area is 82.9 Å². The van der Waals surface area contributed by atoms with Crippen LogP contribution in [0.5, 0.6) is 0 Å². The number of guanidine groups is 1.